The van der Waals surface area contributed by atoms with Crippen LogP contribution in [-0.4, -0.2) is 35.8 Å². The Kier molecular flexibility index (Phi) is 8.60. The summed E-state index contributed by atoms with van der Waals surface area (Å²) in [5.41, 5.74) is 4.35. The normalized spacial score (nSPS) is 13.7. The van der Waals surface area contributed by atoms with Gasteiger partial charge in [0.05, 0.1) is 23.5 Å². The van der Waals surface area contributed by atoms with Crippen molar-refractivity contribution in [3.8, 4) is 5.69 Å². The number of nitrogens with one attached hydrogen (secondary N) is 2. The highest BCUT2D eigenvalue weighted by Crippen LogP contribution is 2.36. The predicted molar refractivity (Wildman–Crippen MR) is 163 cm³/mol. The molecule has 5 rings (SSSR count). The second-order valence-corrected chi connectivity index (χ2v) is 10.4. The number of para-hydroxylation sites is 1. The van der Waals surface area contributed by atoms with Crippen molar-refractivity contribution in [2.75, 3.05) is 28.7 Å². The monoisotopic (exact) mass is 558 g/mol. The molecule has 3 aromatic carbocycles. The van der Waals surface area contributed by atoms with E-state index in [9.17, 15) is 9.59 Å². The molecule has 8 heteroatoms. The molecule has 0 radical (unpaired) electrons. The molecule has 0 atom stereocenters. The molecule has 1 aliphatic carbocycles. The highest BCUT2D eigenvalue weighted by Gasteiger charge is 2.24. The molecule has 1 fully saturated rings. The van der Waals surface area contributed by atoms with Crippen LogP contribution in [0.2, 0.25) is 5.02 Å². The van der Waals surface area contributed by atoms with E-state index >= 15 is 0 Å². The second kappa shape index (κ2) is 12.5. The van der Waals surface area contributed by atoms with Crippen LogP contribution in [0.1, 0.15) is 56.4 Å². The lowest BCUT2D eigenvalue weighted by atomic mass is 9.93. The Labute approximate surface area is 240 Å². The summed E-state index contributed by atoms with van der Waals surface area (Å²) in [6.07, 6.45) is 5.93. The zero-order valence-electron chi connectivity index (χ0n) is 23.0. The number of ether oxygens (including phenoxy) is 1. The van der Waals surface area contributed by atoms with Gasteiger partial charge in [-0.1, -0.05) is 49.1 Å². The van der Waals surface area contributed by atoms with Gasteiger partial charge in [-0.15, -0.1) is 0 Å². The first kappa shape index (κ1) is 27.6. The minimum atomic E-state index is -0.393. The zero-order chi connectivity index (χ0) is 28.1. The summed E-state index contributed by atoms with van der Waals surface area (Å²) in [6.45, 7) is 5.05. The van der Waals surface area contributed by atoms with Gasteiger partial charge in [0.25, 0.3) is 0 Å². The van der Waals surface area contributed by atoms with E-state index < -0.39 is 5.97 Å². The lowest BCUT2D eigenvalue weighted by molar-refractivity contribution is 0.0517. The van der Waals surface area contributed by atoms with Gasteiger partial charge in [0.2, 0.25) is 0 Å². The number of rotatable bonds is 8. The molecule has 2 amide bonds. The predicted octanol–water partition coefficient (Wildman–Crippen LogP) is 8.26. The summed E-state index contributed by atoms with van der Waals surface area (Å²) >= 11 is 6.02. The van der Waals surface area contributed by atoms with Crippen molar-refractivity contribution in [3.63, 3.8) is 0 Å². The molecule has 1 heterocycles. The topological polar surface area (TPSA) is 75.6 Å². The van der Waals surface area contributed by atoms with E-state index in [1.54, 1.807) is 31.2 Å². The van der Waals surface area contributed by atoms with Crippen LogP contribution in [0.25, 0.3) is 16.6 Å². The number of carbonyl (C=O) groups excluding carboxylic acids is 2. The fourth-order valence-corrected chi connectivity index (χ4v) is 5.76. The number of nitrogens with zero attached hydrogens (tertiary/aromatic N) is 2. The lowest BCUT2D eigenvalue weighted by Gasteiger charge is -2.36. The van der Waals surface area contributed by atoms with Crippen molar-refractivity contribution < 1.29 is 14.3 Å². The Balaban J connectivity index is 1.58. The van der Waals surface area contributed by atoms with E-state index in [2.05, 4.69) is 28.5 Å². The molecule has 0 saturated heterocycles. The number of fused-ring (bicyclic) bond motifs is 1. The van der Waals surface area contributed by atoms with Gasteiger partial charge in [-0.2, -0.15) is 0 Å². The largest absolute Gasteiger partial charge is 0.461 e. The average Bonchev–Trinajstić information content (AvgIpc) is 3.36. The van der Waals surface area contributed by atoms with E-state index in [4.69, 9.17) is 16.3 Å². The molecule has 0 aliphatic heterocycles. The Hall–Kier alpha value is -3.97. The van der Waals surface area contributed by atoms with E-state index in [-0.39, 0.29) is 12.6 Å². The van der Waals surface area contributed by atoms with E-state index in [0.29, 0.717) is 28.1 Å². The number of hydrogen-bond donors (Lipinski definition) is 2. The minimum Gasteiger partial charge on any atom is -0.461 e. The number of esters is 1. The molecule has 1 aromatic heterocycles. The maximum atomic E-state index is 13.2. The first-order valence-electron chi connectivity index (χ1n) is 14.0. The zero-order valence-corrected chi connectivity index (χ0v) is 23.7. The van der Waals surface area contributed by atoms with E-state index in [1.165, 1.54) is 19.3 Å². The molecule has 2 N–H and O–H groups in total. The van der Waals surface area contributed by atoms with Crippen molar-refractivity contribution in [1.82, 2.24) is 4.57 Å². The van der Waals surface area contributed by atoms with Gasteiger partial charge in [-0.3, -0.25) is 0 Å². The summed E-state index contributed by atoms with van der Waals surface area (Å²) in [5.74, 6) is -0.393. The van der Waals surface area contributed by atoms with Crippen LogP contribution >= 0.6 is 11.6 Å². The van der Waals surface area contributed by atoms with Crippen LogP contribution < -0.4 is 15.5 Å². The van der Waals surface area contributed by atoms with Gasteiger partial charge in [0.15, 0.2) is 0 Å². The molecule has 1 saturated carbocycles. The average molecular weight is 559 g/mol. The Morgan fingerprint density at radius 2 is 1.70 bits per heavy atom. The quantitative estimate of drug-likeness (QED) is 0.213. The SMILES string of the molecule is CCOC(=O)c1cc2ccccc2n1-c1ccc(N(CC)C2CCCCC2)c(NC(=O)Nc2ccc(Cl)cc2)c1. The molecule has 208 valence electrons. The summed E-state index contributed by atoms with van der Waals surface area (Å²) < 4.78 is 7.29. The van der Waals surface area contributed by atoms with Gasteiger partial charge in [-0.05, 0) is 81.3 Å². The Morgan fingerprint density at radius 3 is 2.42 bits per heavy atom. The van der Waals surface area contributed by atoms with Crippen LogP contribution in [0.3, 0.4) is 0 Å². The van der Waals surface area contributed by atoms with Gasteiger partial charge in [0, 0.05) is 34.4 Å². The highest BCUT2D eigenvalue weighted by atomic mass is 35.5. The maximum Gasteiger partial charge on any atom is 0.355 e. The standard InChI is InChI=1S/C32H35ClN4O3/c1-3-36(25-11-6-5-7-12-25)29-19-18-26(21-27(29)35-32(39)34-24-16-14-23(33)15-17-24)37-28-13-9-8-10-22(28)20-30(37)31(38)40-4-2/h8-10,13-21,25H,3-7,11-12H2,1-2H3,(H2,34,35,39). The molecule has 1 aliphatic rings. The van der Waals surface area contributed by atoms with Crippen molar-refractivity contribution in [1.29, 1.82) is 0 Å². The molecular formula is C32H35ClN4O3. The number of aromatic nitrogens is 1. The number of carbonyl (C=O) groups is 2. The third-order valence-electron chi connectivity index (χ3n) is 7.45. The molecule has 0 spiro atoms. The smallest absolute Gasteiger partial charge is 0.355 e. The number of halogens is 1. The number of urea groups is 1. The molecular weight excluding hydrogens is 524 g/mol. The van der Waals surface area contributed by atoms with Crippen molar-refractivity contribution >= 4 is 51.6 Å². The van der Waals surface area contributed by atoms with E-state index in [0.717, 1.165) is 41.7 Å². The third kappa shape index (κ3) is 5.94. The molecule has 4 aromatic rings. The highest BCUT2D eigenvalue weighted by molar-refractivity contribution is 6.30. The molecule has 40 heavy (non-hydrogen) atoms. The molecule has 7 nitrogen and oxygen atoms in total. The maximum absolute atomic E-state index is 13.2. The number of benzene rings is 3. The van der Waals surface area contributed by atoms with Gasteiger partial charge < -0.3 is 24.8 Å². The van der Waals surface area contributed by atoms with Gasteiger partial charge in [-0.25, -0.2) is 9.59 Å². The summed E-state index contributed by atoms with van der Waals surface area (Å²) in [6, 6.07) is 22.7. The lowest BCUT2D eigenvalue weighted by Crippen LogP contribution is -2.37. The van der Waals surface area contributed by atoms with Crippen molar-refractivity contribution in [2.24, 2.45) is 0 Å². The fourth-order valence-electron chi connectivity index (χ4n) is 5.64. The van der Waals surface area contributed by atoms with Crippen LogP contribution in [0, 0.1) is 0 Å². The number of anilines is 3. The number of amides is 2. The third-order valence-corrected chi connectivity index (χ3v) is 7.70. The second-order valence-electron chi connectivity index (χ2n) is 10.0. The Bertz CT molecular complexity index is 1490. The van der Waals surface area contributed by atoms with Crippen molar-refractivity contribution in [3.05, 3.63) is 83.5 Å². The summed E-state index contributed by atoms with van der Waals surface area (Å²) in [7, 11) is 0. The van der Waals surface area contributed by atoms with Crippen LogP contribution in [0.5, 0.6) is 0 Å². The van der Waals surface area contributed by atoms with E-state index in [1.807, 2.05) is 47.0 Å². The first-order chi connectivity index (χ1) is 19.5. The van der Waals surface area contributed by atoms with Crippen LogP contribution in [0.4, 0.5) is 21.9 Å². The summed E-state index contributed by atoms with van der Waals surface area (Å²) in [4.78, 5) is 28.6. The van der Waals surface area contributed by atoms with Crippen LogP contribution in [-0.2, 0) is 4.74 Å². The van der Waals surface area contributed by atoms with Gasteiger partial charge >= 0.3 is 12.0 Å². The molecule has 0 unspecified atom stereocenters. The van der Waals surface area contributed by atoms with Crippen LogP contribution in [0.15, 0.2) is 72.8 Å². The van der Waals surface area contributed by atoms with Crippen molar-refractivity contribution in [2.45, 2.75) is 52.0 Å². The fraction of sp³-hybridized carbons (Fsp3) is 0.312. The number of hydrogen-bond acceptors (Lipinski definition) is 4. The molecule has 0 bridgehead atoms. The summed E-state index contributed by atoms with van der Waals surface area (Å²) in [5, 5.41) is 7.53. The Morgan fingerprint density at radius 1 is 0.950 bits per heavy atom. The van der Waals surface area contributed by atoms with Gasteiger partial charge in [0.1, 0.15) is 5.69 Å². The minimum absolute atomic E-state index is 0.282. The first-order valence-corrected chi connectivity index (χ1v) is 14.4.